The van der Waals surface area contributed by atoms with Gasteiger partial charge in [0.1, 0.15) is 0 Å². The van der Waals surface area contributed by atoms with E-state index < -0.39 is 0 Å². The van der Waals surface area contributed by atoms with E-state index in [1.807, 2.05) is 25.7 Å². The number of ether oxygens (including phenoxy) is 1. The first-order chi connectivity index (χ1) is 12.9. The summed E-state index contributed by atoms with van der Waals surface area (Å²) in [6.07, 6.45) is 3.22. The maximum Gasteiger partial charge on any atom is 0.273 e. The molecule has 2 aromatic heterocycles. The van der Waals surface area contributed by atoms with Gasteiger partial charge in [0.05, 0.1) is 12.0 Å². The molecule has 0 aromatic carbocycles. The fraction of sp³-hybridized carbons (Fsp3) is 0.650. The van der Waals surface area contributed by atoms with Gasteiger partial charge in [0.2, 0.25) is 5.91 Å². The summed E-state index contributed by atoms with van der Waals surface area (Å²) in [5.74, 6) is 0.615. The van der Waals surface area contributed by atoms with Gasteiger partial charge in [0, 0.05) is 38.9 Å². The molecule has 0 radical (unpaired) electrons. The second kappa shape index (κ2) is 8.25. The number of fused-ring (bicyclic) bond motifs is 1. The number of aromatic nitrogens is 3. The lowest BCUT2D eigenvalue weighted by molar-refractivity contribution is -0.133. The van der Waals surface area contributed by atoms with Crippen molar-refractivity contribution < 1.29 is 9.53 Å². The van der Waals surface area contributed by atoms with Crippen LogP contribution in [-0.2, 0) is 23.0 Å². The van der Waals surface area contributed by atoms with E-state index in [9.17, 15) is 9.59 Å². The maximum atomic E-state index is 12.7. The third-order valence-electron chi connectivity index (χ3n) is 5.59. The van der Waals surface area contributed by atoms with E-state index in [0.717, 1.165) is 56.0 Å². The van der Waals surface area contributed by atoms with E-state index in [4.69, 9.17) is 4.74 Å². The number of carbonyl (C=O) groups excluding carboxylic acids is 1. The van der Waals surface area contributed by atoms with Crippen molar-refractivity contribution in [2.45, 2.75) is 46.5 Å². The molecule has 3 heterocycles. The first kappa shape index (κ1) is 19.6. The van der Waals surface area contributed by atoms with Crippen molar-refractivity contribution in [2.24, 2.45) is 13.0 Å². The minimum atomic E-state index is -0.125. The van der Waals surface area contributed by atoms with Crippen molar-refractivity contribution >= 4 is 16.9 Å². The number of H-pyrrole nitrogens is 1. The molecule has 0 saturated carbocycles. The van der Waals surface area contributed by atoms with Crippen molar-refractivity contribution in [3.8, 4) is 0 Å². The zero-order chi connectivity index (χ0) is 19.6. The highest BCUT2D eigenvalue weighted by Crippen LogP contribution is 2.22. The van der Waals surface area contributed by atoms with E-state index in [1.54, 1.807) is 11.7 Å². The number of piperidine rings is 1. The first-order valence-electron chi connectivity index (χ1n) is 9.82. The molecule has 1 aliphatic heterocycles. The number of nitrogens with one attached hydrogen (secondary N) is 1. The molecule has 7 heteroatoms. The second-order valence-electron chi connectivity index (χ2n) is 7.51. The van der Waals surface area contributed by atoms with Crippen molar-refractivity contribution in [3.63, 3.8) is 0 Å². The van der Waals surface area contributed by atoms with E-state index in [0.29, 0.717) is 29.8 Å². The molecule has 148 valence electrons. The molecule has 1 aliphatic rings. The number of hydrogen-bond donors (Lipinski definition) is 1. The lowest BCUT2D eigenvalue weighted by atomic mass is 9.97. The molecule has 1 atom stereocenters. The van der Waals surface area contributed by atoms with Crippen LogP contribution < -0.4 is 5.56 Å². The molecule has 27 heavy (non-hydrogen) atoms. The largest absolute Gasteiger partial charge is 0.381 e. The van der Waals surface area contributed by atoms with Gasteiger partial charge in [0.25, 0.3) is 5.56 Å². The number of rotatable bonds is 6. The Morgan fingerprint density at radius 2 is 2.15 bits per heavy atom. The summed E-state index contributed by atoms with van der Waals surface area (Å²) in [6, 6.07) is 0. The van der Waals surface area contributed by atoms with Gasteiger partial charge in [-0.05, 0) is 57.1 Å². The van der Waals surface area contributed by atoms with Crippen LogP contribution in [0.25, 0.3) is 11.0 Å². The Bertz CT molecular complexity index is 883. The molecular weight excluding hydrogens is 344 g/mol. The Morgan fingerprint density at radius 1 is 1.37 bits per heavy atom. The van der Waals surface area contributed by atoms with Crippen LogP contribution >= 0.6 is 0 Å². The summed E-state index contributed by atoms with van der Waals surface area (Å²) in [6.45, 7) is 8.96. The van der Waals surface area contributed by atoms with Gasteiger partial charge >= 0.3 is 0 Å². The van der Waals surface area contributed by atoms with Gasteiger partial charge in [-0.25, -0.2) is 4.98 Å². The molecule has 1 saturated heterocycles. The topological polar surface area (TPSA) is 80.2 Å². The number of pyridine rings is 1. The molecule has 7 nitrogen and oxygen atoms in total. The minimum Gasteiger partial charge on any atom is -0.381 e. The number of aromatic amines is 1. The standard InChI is InChI=1S/C20H30N4O3/c1-5-27-12-15-7-6-10-24(11-15)17(25)9-8-16-13(2)18-19(21-14(16)3)23(4)22-20(18)26/h15H,5-12H2,1-4H3,(H,22,26). The molecule has 1 amide bonds. The SMILES string of the molecule is CCOCC1CCCN(C(=O)CCc2c(C)nc3c(c2C)c(=O)[nH]n3C)C1. The molecule has 1 unspecified atom stereocenters. The highest BCUT2D eigenvalue weighted by atomic mass is 16.5. The van der Waals surface area contributed by atoms with E-state index in [-0.39, 0.29) is 11.5 Å². The Morgan fingerprint density at radius 3 is 2.89 bits per heavy atom. The molecule has 3 rings (SSSR count). The third-order valence-corrected chi connectivity index (χ3v) is 5.59. The summed E-state index contributed by atoms with van der Waals surface area (Å²) in [5, 5.41) is 3.39. The molecule has 1 N–H and O–H groups in total. The summed E-state index contributed by atoms with van der Waals surface area (Å²) >= 11 is 0. The smallest absolute Gasteiger partial charge is 0.273 e. The molecular formula is C20H30N4O3. The van der Waals surface area contributed by atoms with Gasteiger partial charge in [-0.1, -0.05) is 0 Å². The Kier molecular flexibility index (Phi) is 5.99. The summed E-state index contributed by atoms with van der Waals surface area (Å²) < 4.78 is 7.19. The first-order valence-corrected chi connectivity index (χ1v) is 9.82. The van der Waals surface area contributed by atoms with Crippen molar-refractivity contribution in [2.75, 3.05) is 26.3 Å². The van der Waals surface area contributed by atoms with Crippen LogP contribution in [0, 0.1) is 19.8 Å². The van der Waals surface area contributed by atoms with Gasteiger partial charge in [-0.15, -0.1) is 0 Å². The van der Waals surface area contributed by atoms with Gasteiger partial charge in [0.15, 0.2) is 5.65 Å². The Balaban J connectivity index is 1.70. The zero-order valence-electron chi connectivity index (χ0n) is 16.8. The van der Waals surface area contributed by atoms with Crippen LogP contribution in [-0.4, -0.2) is 51.9 Å². The zero-order valence-corrected chi connectivity index (χ0v) is 16.8. The Labute approximate surface area is 159 Å². The van der Waals surface area contributed by atoms with Gasteiger partial charge in [-0.2, -0.15) is 0 Å². The van der Waals surface area contributed by atoms with Gasteiger partial charge < -0.3 is 9.64 Å². The fourth-order valence-electron chi connectivity index (χ4n) is 4.12. The normalized spacial score (nSPS) is 17.6. The van der Waals surface area contributed by atoms with Crippen LogP contribution in [0.2, 0.25) is 0 Å². The highest BCUT2D eigenvalue weighted by Gasteiger charge is 2.24. The number of hydrogen-bond acceptors (Lipinski definition) is 4. The maximum absolute atomic E-state index is 12.7. The lowest BCUT2D eigenvalue weighted by Crippen LogP contribution is -2.41. The molecule has 2 aromatic rings. The van der Waals surface area contributed by atoms with Crippen molar-refractivity contribution in [1.29, 1.82) is 0 Å². The summed E-state index contributed by atoms with van der Waals surface area (Å²) in [7, 11) is 1.79. The monoisotopic (exact) mass is 374 g/mol. The van der Waals surface area contributed by atoms with E-state index in [1.165, 1.54) is 0 Å². The minimum absolute atomic E-state index is 0.125. The number of carbonyl (C=O) groups is 1. The van der Waals surface area contributed by atoms with Gasteiger partial charge in [-0.3, -0.25) is 19.4 Å². The average molecular weight is 374 g/mol. The van der Waals surface area contributed by atoms with Crippen LogP contribution in [0.3, 0.4) is 0 Å². The predicted octanol–water partition coefficient (Wildman–Crippen LogP) is 2.09. The summed E-state index contributed by atoms with van der Waals surface area (Å²) in [4.78, 5) is 31.5. The third kappa shape index (κ3) is 4.08. The van der Waals surface area contributed by atoms with Crippen LogP contribution in [0.15, 0.2) is 4.79 Å². The summed E-state index contributed by atoms with van der Waals surface area (Å²) in [5.41, 5.74) is 3.37. The van der Waals surface area contributed by atoms with Crippen LogP contribution in [0.4, 0.5) is 0 Å². The van der Waals surface area contributed by atoms with Crippen LogP contribution in [0.1, 0.15) is 43.0 Å². The number of amides is 1. The average Bonchev–Trinajstić information content (AvgIpc) is 2.93. The number of likely N-dealkylation sites (tertiary alicyclic amines) is 1. The molecule has 0 bridgehead atoms. The van der Waals surface area contributed by atoms with Crippen molar-refractivity contribution in [3.05, 3.63) is 27.2 Å². The molecule has 1 fully saturated rings. The van der Waals surface area contributed by atoms with Crippen molar-refractivity contribution in [1.82, 2.24) is 19.7 Å². The van der Waals surface area contributed by atoms with E-state index in [2.05, 4.69) is 10.1 Å². The predicted molar refractivity (Wildman–Crippen MR) is 105 cm³/mol. The number of nitrogens with zero attached hydrogens (tertiary/aromatic N) is 3. The molecule has 0 aliphatic carbocycles. The lowest BCUT2D eigenvalue weighted by Gasteiger charge is -2.32. The fourth-order valence-corrected chi connectivity index (χ4v) is 4.12. The Hall–Kier alpha value is -2.15. The highest BCUT2D eigenvalue weighted by molar-refractivity contribution is 5.81. The number of aryl methyl sites for hydroxylation is 3. The quantitative estimate of drug-likeness (QED) is 0.840. The van der Waals surface area contributed by atoms with E-state index >= 15 is 0 Å². The van der Waals surface area contributed by atoms with Crippen LogP contribution in [0.5, 0.6) is 0 Å². The molecule has 0 spiro atoms. The second-order valence-corrected chi connectivity index (χ2v) is 7.51.